The molecule has 1 aliphatic carbocycles. The number of rotatable bonds is 9. The van der Waals surface area contributed by atoms with Crippen LogP contribution < -0.4 is 0 Å². The number of phenolic OH excluding ortho intramolecular Hbond substituents is 1. The summed E-state index contributed by atoms with van der Waals surface area (Å²) in [5.74, 6) is -2.00. The fourth-order valence-corrected chi connectivity index (χ4v) is 3.83. The van der Waals surface area contributed by atoms with Gasteiger partial charge in [-0.1, -0.05) is 42.5 Å². The summed E-state index contributed by atoms with van der Waals surface area (Å²) in [6, 6.07) is 15.8. The third-order valence-electron chi connectivity index (χ3n) is 5.64. The maximum Gasteiger partial charge on any atom is 0.336 e. The Morgan fingerprint density at radius 3 is 2.39 bits per heavy atom. The lowest BCUT2D eigenvalue weighted by Crippen LogP contribution is -2.58. The Hall–Kier alpha value is -3.20. The van der Waals surface area contributed by atoms with Gasteiger partial charge < -0.3 is 29.9 Å². The highest BCUT2D eigenvalue weighted by atomic mass is 16.6. The Bertz CT molecular complexity index is 956. The summed E-state index contributed by atoms with van der Waals surface area (Å²) in [7, 11) is 0. The first-order chi connectivity index (χ1) is 15.8. The second-order valence-corrected chi connectivity index (χ2v) is 8.10. The fourth-order valence-electron chi connectivity index (χ4n) is 3.83. The third-order valence-corrected chi connectivity index (χ3v) is 5.64. The minimum absolute atomic E-state index is 0.0859. The zero-order chi connectivity index (χ0) is 23.8. The van der Waals surface area contributed by atoms with Crippen molar-refractivity contribution in [3.63, 3.8) is 0 Å². The number of phenols is 1. The van der Waals surface area contributed by atoms with Gasteiger partial charge in [0.2, 0.25) is 0 Å². The summed E-state index contributed by atoms with van der Waals surface area (Å²) in [5, 5.41) is 39.7. The number of aryl methyl sites for hydroxylation is 1. The Morgan fingerprint density at radius 2 is 1.73 bits per heavy atom. The summed E-state index contributed by atoms with van der Waals surface area (Å²) in [6.07, 6.45) is -0.868. The molecule has 2 aromatic rings. The van der Waals surface area contributed by atoms with E-state index in [4.69, 9.17) is 9.47 Å². The molecule has 0 aromatic heterocycles. The molecule has 2 aromatic carbocycles. The van der Waals surface area contributed by atoms with Crippen LogP contribution in [0.3, 0.4) is 0 Å². The number of esters is 1. The van der Waals surface area contributed by atoms with E-state index in [1.165, 1.54) is 18.2 Å². The number of benzene rings is 2. The molecule has 0 heterocycles. The lowest BCUT2D eigenvalue weighted by atomic mass is 9.79. The van der Waals surface area contributed by atoms with Crippen molar-refractivity contribution in [3.8, 4) is 5.75 Å². The highest BCUT2D eigenvalue weighted by Gasteiger charge is 2.52. The summed E-state index contributed by atoms with van der Waals surface area (Å²) in [4.78, 5) is 24.3. The van der Waals surface area contributed by atoms with E-state index in [1.54, 1.807) is 12.1 Å². The predicted molar refractivity (Wildman–Crippen MR) is 119 cm³/mol. The molecule has 1 saturated carbocycles. The molecule has 0 radical (unpaired) electrons. The van der Waals surface area contributed by atoms with Gasteiger partial charge in [0.05, 0.1) is 6.10 Å². The standard InChI is InChI=1S/C25H28O8/c26-19-11-8-18(9-12-19)10-13-22(28)33-21-16-25(24(30)31,15-20(27)23(21)29)32-14-4-7-17-5-2-1-3-6-17/h1-3,5-6,8-13,20-21,23,26-27,29H,4,7,14-16H2,(H,30,31)/b13-10+/t20-,21+,23+,25-/m0/s1. The summed E-state index contributed by atoms with van der Waals surface area (Å²) >= 11 is 0. The lowest BCUT2D eigenvalue weighted by molar-refractivity contribution is -0.207. The number of aliphatic hydroxyl groups is 2. The number of aromatic hydroxyl groups is 1. The van der Waals surface area contributed by atoms with Crippen molar-refractivity contribution < 1.29 is 39.5 Å². The van der Waals surface area contributed by atoms with Crippen LogP contribution in [0.4, 0.5) is 0 Å². The Balaban J connectivity index is 1.61. The smallest absolute Gasteiger partial charge is 0.336 e. The molecule has 8 nitrogen and oxygen atoms in total. The highest BCUT2D eigenvalue weighted by Crippen LogP contribution is 2.35. The first kappa shape index (κ1) is 24.4. The SMILES string of the molecule is O=C(/C=C/c1ccc(O)cc1)O[C@@H]1C[C@](OCCCc2ccccc2)(C(=O)O)C[C@H](O)[C@H]1O. The maximum atomic E-state index is 12.3. The van der Waals surface area contributed by atoms with Crippen LogP contribution in [0.1, 0.15) is 30.4 Å². The zero-order valence-electron chi connectivity index (χ0n) is 18.0. The second-order valence-electron chi connectivity index (χ2n) is 8.10. The van der Waals surface area contributed by atoms with Crippen molar-refractivity contribution in [2.45, 2.75) is 49.6 Å². The first-order valence-electron chi connectivity index (χ1n) is 10.7. The Kier molecular flexibility index (Phi) is 8.21. The number of hydrogen-bond donors (Lipinski definition) is 4. The largest absolute Gasteiger partial charge is 0.508 e. The van der Waals surface area contributed by atoms with E-state index in [0.29, 0.717) is 18.4 Å². The summed E-state index contributed by atoms with van der Waals surface area (Å²) in [5.41, 5.74) is -0.0478. The van der Waals surface area contributed by atoms with Crippen molar-refractivity contribution in [3.05, 3.63) is 71.8 Å². The highest BCUT2D eigenvalue weighted by molar-refractivity contribution is 5.87. The van der Waals surface area contributed by atoms with Crippen LogP contribution >= 0.6 is 0 Å². The van der Waals surface area contributed by atoms with Gasteiger partial charge in [0.15, 0.2) is 5.60 Å². The van der Waals surface area contributed by atoms with Crippen molar-refractivity contribution in [1.82, 2.24) is 0 Å². The number of aliphatic hydroxyl groups excluding tert-OH is 2. The van der Waals surface area contributed by atoms with Crippen LogP contribution in [0.25, 0.3) is 6.08 Å². The third kappa shape index (κ3) is 6.64. The normalized spacial score (nSPS) is 25.1. The molecule has 0 bridgehead atoms. The van der Waals surface area contributed by atoms with Gasteiger partial charge in [-0.25, -0.2) is 9.59 Å². The molecular formula is C25H28O8. The van der Waals surface area contributed by atoms with Crippen molar-refractivity contribution in [2.75, 3.05) is 6.61 Å². The molecule has 176 valence electrons. The minimum Gasteiger partial charge on any atom is -0.508 e. The van der Waals surface area contributed by atoms with Gasteiger partial charge in [0.1, 0.15) is 18.0 Å². The number of carbonyl (C=O) groups excluding carboxylic acids is 1. The quantitative estimate of drug-likeness (QED) is 0.257. The topological polar surface area (TPSA) is 134 Å². The molecule has 0 amide bonds. The van der Waals surface area contributed by atoms with Crippen LogP contribution in [0.2, 0.25) is 0 Å². The van der Waals surface area contributed by atoms with E-state index in [2.05, 4.69) is 0 Å². The molecule has 0 unspecified atom stereocenters. The number of carboxylic acids is 1. The van der Waals surface area contributed by atoms with Crippen LogP contribution in [0.15, 0.2) is 60.7 Å². The number of hydrogen-bond acceptors (Lipinski definition) is 7. The van der Waals surface area contributed by atoms with Gasteiger partial charge in [-0.05, 0) is 42.2 Å². The second kappa shape index (κ2) is 11.1. The van der Waals surface area contributed by atoms with Gasteiger partial charge in [0.25, 0.3) is 0 Å². The van der Waals surface area contributed by atoms with Crippen LogP contribution in [-0.4, -0.2) is 62.9 Å². The molecule has 0 spiro atoms. The van der Waals surface area contributed by atoms with Crippen LogP contribution in [0.5, 0.6) is 5.75 Å². The Morgan fingerprint density at radius 1 is 1.03 bits per heavy atom. The van der Waals surface area contributed by atoms with Crippen molar-refractivity contribution >= 4 is 18.0 Å². The molecule has 1 aliphatic rings. The number of ether oxygens (including phenoxy) is 2. The average Bonchev–Trinajstić information content (AvgIpc) is 2.80. The van der Waals surface area contributed by atoms with Gasteiger partial charge >= 0.3 is 11.9 Å². The molecule has 1 fully saturated rings. The van der Waals surface area contributed by atoms with Gasteiger partial charge in [-0.2, -0.15) is 0 Å². The molecule has 0 aliphatic heterocycles. The van der Waals surface area contributed by atoms with Crippen molar-refractivity contribution in [2.24, 2.45) is 0 Å². The summed E-state index contributed by atoms with van der Waals surface area (Å²) in [6.45, 7) is 0.130. The molecule has 4 N–H and O–H groups in total. The first-order valence-corrected chi connectivity index (χ1v) is 10.7. The van der Waals surface area contributed by atoms with E-state index in [-0.39, 0.29) is 25.2 Å². The lowest BCUT2D eigenvalue weighted by Gasteiger charge is -2.41. The van der Waals surface area contributed by atoms with E-state index in [9.17, 15) is 30.0 Å². The molecule has 3 rings (SSSR count). The Labute approximate surface area is 191 Å². The van der Waals surface area contributed by atoms with Gasteiger partial charge in [-0.15, -0.1) is 0 Å². The number of aliphatic carboxylic acids is 1. The fraction of sp³-hybridized carbons (Fsp3) is 0.360. The van der Waals surface area contributed by atoms with E-state index < -0.39 is 35.9 Å². The van der Waals surface area contributed by atoms with E-state index in [0.717, 1.165) is 11.6 Å². The number of carboxylic acid groups (broad SMARTS) is 1. The average molecular weight is 456 g/mol. The minimum atomic E-state index is -1.78. The van der Waals surface area contributed by atoms with Gasteiger partial charge in [0, 0.05) is 25.5 Å². The molecular weight excluding hydrogens is 428 g/mol. The van der Waals surface area contributed by atoms with Crippen LogP contribution in [0, 0.1) is 0 Å². The van der Waals surface area contributed by atoms with E-state index >= 15 is 0 Å². The number of carbonyl (C=O) groups is 2. The van der Waals surface area contributed by atoms with Gasteiger partial charge in [-0.3, -0.25) is 0 Å². The summed E-state index contributed by atoms with van der Waals surface area (Å²) < 4.78 is 11.0. The molecule has 33 heavy (non-hydrogen) atoms. The predicted octanol–water partition coefficient (Wildman–Crippen LogP) is 2.31. The molecule has 8 heteroatoms. The molecule has 0 saturated heterocycles. The van der Waals surface area contributed by atoms with Crippen LogP contribution in [-0.2, 0) is 25.5 Å². The molecule has 4 atom stereocenters. The van der Waals surface area contributed by atoms with E-state index in [1.807, 2.05) is 30.3 Å². The zero-order valence-corrected chi connectivity index (χ0v) is 18.0. The maximum absolute atomic E-state index is 12.3. The van der Waals surface area contributed by atoms with Crippen molar-refractivity contribution in [1.29, 1.82) is 0 Å². The monoisotopic (exact) mass is 456 g/mol.